The number of ether oxygens (including phenoxy) is 2. The molecule has 0 heterocycles. The van der Waals surface area contributed by atoms with E-state index in [2.05, 4.69) is 5.32 Å². The molecule has 1 rings (SSSR count). The molecule has 0 aromatic heterocycles. The SMILES string of the molecule is CNC(C)c1cc(F)ccc1OCCOCCO. The van der Waals surface area contributed by atoms with Crippen molar-refractivity contribution in [3.05, 3.63) is 29.6 Å². The van der Waals surface area contributed by atoms with Gasteiger partial charge in [0.1, 0.15) is 18.2 Å². The van der Waals surface area contributed by atoms with Gasteiger partial charge in [-0.25, -0.2) is 4.39 Å². The number of hydrogen-bond donors (Lipinski definition) is 2. The van der Waals surface area contributed by atoms with Crippen molar-refractivity contribution in [2.45, 2.75) is 13.0 Å². The van der Waals surface area contributed by atoms with Gasteiger partial charge in [-0.05, 0) is 32.2 Å². The molecule has 4 nitrogen and oxygen atoms in total. The van der Waals surface area contributed by atoms with Crippen LogP contribution in [0.2, 0.25) is 0 Å². The average Bonchev–Trinajstić information content (AvgIpc) is 2.39. The van der Waals surface area contributed by atoms with Crippen LogP contribution in [-0.2, 0) is 4.74 Å². The first-order valence-electron chi connectivity index (χ1n) is 5.97. The monoisotopic (exact) mass is 257 g/mol. The summed E-state index contributed by atoms with van der Waals surface area (Å²) in [5, 5.41) is 11.6. The first-order valence-corrected chi connectivity index (χ1v) is 5.97. The van der Waals surface area contributed by atoms with E-state index in [9.17, 15) is 4.39 Å². The van der Waals surface area contributed by atoms with E-state index < -0.39 is 0 Å². The van der Waals surface area contributed by atoms with Crippen LogP contribution in [0.5, 0.6) is 5.75 Å². The first kappa shape index (κ1) is 14.9. The fourth-order valence-electron chi connectivity index (χ4n) is 1.52. The predicted octanol–water partition coefficient (Wildman–Crippen LogP) is 1.49. The van der Waals surface area contributed by atoms with Gasteiger partial charge in [-0.15, -0.1) is 0 Å². The summed E-state index contributed by atoms with van der Waals surface area (Å²) in [6.45, 7) is 3.00. The van der Waals surface area contributed by atoms with Crippen molar-refractivity contribution in [2.24, 2.45) is 0 Å². The minimum atomic E-state index is -0.281. The molecule has 102 valence electrons. The Bertz CT molecular complexity index is 360. The molecule has 5 heteroatoms. The Morgan fingerprint density at radius 2 is 2.11 bits per heavy atom. The van der Waals surface area contributed by atoms with E-state index >= 15 is 0 Å². The summed E-state index contributed by atoms with van der Waals surface area (Å²) < 4.78 is 23.8. The highest BCUT2D eigenvalue weighted by atomic mass is 19.1. The van der Waals surface area contributed by atoms with Crippen LogP contribution >= 0.6 is 0 Å². The third kappa shape index (κ3) is 4.60. The second-order valence-electron chi connectivity index (χ2n) is 3.88. The number of hydrogen-bond acceptors (Lipinski definition) is 4. The van der Waals surface area contributed by atoms with E-state index in [0.29, 0.717) is 25.6 Å². The zero-order valence-electron chi connectivity index (χ0n) is 10.8. The highest BCUT2D eigenvalue weighted by Crippen LogP contribution is 2.25. The van der Waals surface area contributed by atoms with Gasteiger partial charge in [-0.3, -0.25) is 0 Å². The molecule has 1 aromatic carbocycles. The van der Waals surface area contributed by atoms with Crippen molar-refractivity contribution >= 4 is 0 Å². The van der Waals surface area contributed by atoms with Crippen LogP contribution in [0.25, 0.3) is 0 Å². The van der Waals surface area contributed by atoms with E-state index in [-0.39, 0.29) is 18.5 Å². The predicted molar refractivity (Wildman–Crippen MR) is 67.3 cm³/mol. The number of aliphatic hydroxyl groups excluding tert-OH is 1. The van der Waals surface area contributed by atoms with Crippen molar-refractivity contribution < 1.29 is 19.0 Å². The smallest absolute Gasteiger partial charge is 0.124 e. The molecular weight excluding hydrogens is 237 g/mol. The van der Waals surface area contributed by atoms with Crippen LogP contribution in [0.3, 0.4) is 0 Å². The molecule has 1 atom stereocenters. The van der Waals surface area contributed by atoms with Crippen LogP contribution in [0, 0.1) is 5.82 Å². The third-order valence-corrected chi connectivity index (χ3v) is 2.59. The highest BCUT2D eigenvalue weighted by Gasteiger charge is 2.11. The first-order chi connectivity index (χ1) is 8.69. The zero-order valence-corrected chi connectivity index (χ0v) is 10.8. The van der Waals surface area contributed by atoms with Gasteiger partial charge in [0.05, 0.1) is 19.8 Å². The minimum Gasteiger partial charge on any atom is -0.491 e. The van der Waals surface area contributed by atoms with Gasteiger partial charge in [-0.2, -0.15) is 0 Å². The average molecular weight is 257 g/mol. The number of benzene rings is 1. The molecule has 1 aromatic rings. The quantitative estimate of drug-likeness (QED) is 0.693. The molecule has 0 aliphatic carbocycles. The van der Waals surface area contributed by atoms with Crippen LogP contribution in [0.15, 0.2) is 18.2 Å². The Morgan fingerprint density at radius 3 is 2.78 bits per heavy atom. The molecule has 0 aliphatic rings. The topological polar surface area (TPSA) is 50.7 Å². The van der Waals surface area contributed by atoms with Crippen molar-refractivity contribution in [3.63, 3.8) is 0 Å². The number of nitrogens with one attached hydrogen (secondary N) is 1. The van der Waals surface area contributed by atoms with E-state index in [1.807, 2.05) is 14.0 Å². The zero-order chi connectivity index (χ0) is 13.4. The fourth-order valence-corrected chi connectivity index (χ4v) is 1.52. The third-order valence-electron chi connectivity index (χ3n) is 2.59. The number of halogens is 1. The Labute approximate surface area is 107 Å². The molecule has 0 amide bonds. The molecule has 0 saturated heterocycles. The molecule has 2 N–H and O–H groups in total. The summed E-state index contributed by atoms with van der Waals surface area (Å²) in [7, 11) is 1.81. The summed E-state index contributed by atoms with van der Waals surface area (Å²) in [5.41, 5.74) is 0.777. The normalized spacial score (nSPS) is 12.4. The van der Waals surface area contributed by atoms with Crippen molar-refractivity contribution in [2.75, 3.05) is 33.5 Å². The molecule has 1 unspecified atom stereocenters. The lowest BCUT2D eigenvalue weighted by Crippen LogP contribution is -2.15. The summed E-state index contributed by atoms with van der Waals surface area (Å²) in [4.78, 5) is 0. The summed E-state index contributed by atoms with van der Waals surface area (Å²) in [6.07, 6.45) is 0. The molecule has 18 heavy (non-hydrogen) atoms. The van der Waals surface area contributed by atoms with Crippen molar-refractivity contribution in [1.82, 2.24) is 5.32 Å². The van der Waals surface area contributed by atoms with Gasteiger partial charge in [-0.1, -0.05) is 0 Å². The second-order valence-corrected chi connectivity index (χ2v) is 3.88. The second kappa shape index (κ2) is 8.02. The van der Waals surface area contributed by atoms with Gasteiger partial charge in [0, 0.05) is 11.6 Å². The molecular formula is C13H20FNO3. The van der Waals surface area contributed by atoms with E-state index in [4.69, 9.17) is 14.6 Å². The maximum atomic E-state index is 13.2. The molecule has 0 saturated carbocycles. The Balaban J connectivity index is 2.58. The Morgan fingerprint density at radius 1 is 1.33 bits per heavy atom. The van der Waals surface area contributed by atoms with Gasteiger partial charge in [0.15, 0.2) is 0 Å². The maximum absolute atomic E-state index is 13.2. The molecule has 0 radical (unpaired) electrons. The molecule has 0 fully saturated rings. The highest BCUT2D eigenvalue weighted by molar-refractivity contribution is 5.36. The summed E-state index contributed by atoms with van der Waals surface area (Å²) >= 11 is 0. The molecule has 0 bridgehead atoms. The van der Waals surface area contributed by atoms with E-state index in [0.717, 1.165) is 5.56 Å². The van der Waals surface area contributed by atoms with Gasteiger partial charge >= 0.3 is 0 Å². The molecule has 0 spiro atoms. The van der Waals surface area contributed by atoms with E-state index in [1.165, 1.54) is 12.1 Å². The maximum Gasteiger partial charge on any atom is 0.124 e. The van der Waals surface area contributed by atoms with Crippen LogP contribution < -0.4 is 10.1 Å². The standard InChI is InChI=1S/C13H20FNO3/c1-10(15-2)12-9-11(14)3-4-13(12)18-8-7-17-6-5-16/h3-4,9-10,15-16H,5-8H2,1-2H3. The molecule has 0 aliphatic heterocycles. The van der Waals surface area contributed by atoms with Gasteiger partial charge < -0.3 is 19.9 Å². The van der Waals surface area contributed by atoms with Crippen molar-refractivity contribution in [1.29, 1.82) is 0 Å². The Kier molecular flexibility index (Phi) is 6.64. The largest absolute Gasteiger partial charge is 0.491 e. The minimum absolute atomic E-state index is 0.00140. The van der Waals surface area contributed by atoms with Crippen LogP contribution in [-0.4, -0.2) is 38.6 Å². The lowest BCUT2D eigenvalue weighted by Gasteiger charge is -2.16. The lowest BCUT2D eigenvalue weighted by molar-refractivity contribution is 0.0702. The van der Waals surface area contributed by atoms with Gasteiger partial charge in [0.2, 0.25) is 0 Å². The fraction of sp³-hybridized carbons (Fsp3) is 0.538. The summed E-state index contributed by atoms with van der Waals surface area (Å²) in [5.74, 6) is 0.363. The lowest BCUT2D eigenvalue weighted by atomic mass is 10.1. The van der Waals surface area contributed by atoms with Gasteiger partial charge in [0.25, 0.3) is 0 Å². The van der Waals surface area contributed by atoms with Crippen LogP contribution in [0.1, 0.15) is 18.5 Å². The van der Waals surface area contributed by atoms with E-state index in [1.54, 1.807) is 6.07 Å². The summed E-state index contributed by atoms with van der Waals surface area (Å²) in [6, 6.07) is 4.46. The number of rotatable bonds is 8. The van der Waals surface area contributed by atoms with Crippen LogP contribution in [0.4, 0.5) is 4.39 Å². The Hall–Kier alpha value is -1.17. The number of aliphatic hydroxyl groups is 1. The van der Waals surface area contributed by atoms with Crippen molar-refractivity contribution in [3.8, 4) is 5.75 Å².